The lowest BCUT2D eigenvalue weighted by atomic mass is 9.85. The van der Waals surface area contributed by atoms with Gasteiger partial charge in [-0.05, 0) is 25.7 Å². The summed E-state index contributed by atoms with van der Waals surface area (Å²) >= 11 is 0. The summed E-state index contributed by atoms with van der Waals surface area (Å²) in [6, 6.07) is 0.584. The lowest BCUT2D eigenvalue weighted by molar-refractivity contribution is -0.195. The van der Waals surface area contributed by atoms with Crippen molar-refractivity contribution in [2.24, 2.45) is 5.73 Å². The summed E-state index contributed by atoms with van der Waals surface area (Å²) in [7, 11) is 0. The first-order chi connectivity index (χ1) is 6.98. The lowest BCUT2D eigenvalue weighted by Gasteiger charge is -2.42. The van der Waals surface area contributed by atoms with E-state index in [0.717, 1.165) is 0 Å². The quantitative estimate of drug-likeness (QED) is 0.731. The molecule has 0 bridgehead atoms. The molecule has 3 N–H and O–H groups in total. The number of hydrogen-bond donors (Lipinski definition) is 2. The van der Waals surface area contributed by atoms with Crippen molar-refractivity contribution >= 4 is 0 Å². The summed E-state index contributed by atoms with van der Waals surface area (Å²) in [4.78, 5) is 2.20. The molecule has 1 aliphatic heterocycles. The highest BCUT2D eigenvalue weighted by Gasteiger charge is 2.53. The average Bonchev–Trinajstić information content (AvgIpc) is 3.02. The summed E-state index contributed by atoms with van der Waals surface area (Å²) in [6.45, 7) is 0.362. The van der Waals surface area contributed by atoms with E-state index in [2.05, 4.69) is 4.90 Å². The predicted octanol–water partition coefficient (Wildman–Crippen LogP) is 0.570. The van der Waals surface area contributed by atoms with E-state index in [1.807, 2.05) is 0 Å². The summed E-state index contributed by atoms with van der Waals surface area (Å²) in [5.41, 5.74) is 3.12. The third-order valence-corrected chi connectivity index (χ3v) is 3.63. The zero-order chi connectivity index (χ0) is 11.1. The second-order valence-corrected chi connectivity index (χ2v) is 4.71. The highest BCUT2D eigenvalue weighted by Crippen LogP contribution is 2.39. The van der Waals surface area contributed by atoms with Gasteiger partial charge in [0.15, 0.2) is 0 Å². The van der Waals surface area contributed by atoms with Gasteiger partial charge in [0, 0.05) is 19.1 Å². The van der Waals surface area contributed by atoms with Crippen LogP contribution < -0.4 is 5.73 Å². The second kappa shape index (κ2) is 3.64. The fourth-order valence-electron chi connectivity index (χ4n) is 2.25. The number of piperidine rings is 1. The Labute approximate surface area is 88.2 Å². The molecular weight excluding hydrogens is 202 g/mol. The Bertz CT molecular complexity index is 236. The van der Waals surface area contributed by atoms with Crippen LogP contribution in [0.3, 0.4) is 0 Å². The molecule has 3 nitrogen and oxygen atoms in total. The molecule has 0 amide bonds. The van der Waals surface area contributed by atoms with E-state index < -0.39 is 18.1 Å². The molecule has 15 heavy (non-hydrogen) atoms. The standard InChI is InChI=1S/C10H18F2N2O/c11-10(12,7-13)9(15)3-5-14(6-4-9)8-1-2-8/h8,15H,1-7,13H2. The van der Waals surface area contributed by atoms with Crippen LogP contribution in [0.2, 0.25) is 0 Å². The van der Waals surface area contributed by atoms with Crippen molar-refractivity contribution < 1.29 is 13.9 Å². The third-order valence-electron chi connectivity index (χ3n) is 3.63. The van der Waals surface area contributed by atoms with Gasteiger partial charge in [0.25, 0.3) is 5.92 Å². The largest absolute Gasteiger partial charge is 0.383 e. The highest BCUT2D eigenvalue weighted by atomic mass is 19.3. The predicted molar refractivity (Wildman–Crippen MR) is 52.8 cm³/mol. The number of likely N-dealkylation sites (tertiary alicyclic amines) is 1. The Morgan fingerprint density at radius 3 is 2.27 bits per heavy atom. The van der Waals surface area contributed by atoms with Crippen LogP contribution >= 0.6 is 0 Å². The van der Waals surface area contributed by atoms with Gasteiger partial charge in [-0.15, -0.1) is 0 Å². The van der Waals surface area contributed by atoms with Gasteiger partial charge < -0.3 is 15.7 Å². The van der Waals surface area contributed by atoms with Crippen molar-refractivity contribution in [1.82, 2.24) is 4.90 Å². The zero-order valence-electron chi connectivity index (χ0n) is 8.75. The van der Waals surface area contributed by atoms with Gasteiger partial charge in [0.2, 0.25) is 0 Å². The SMILES string of the molecule is NCC(F)(F)C1(O)CCN(C2CC2)CC1. The topological polar surface area (TPSA) is 49.5 Å². The first kappa shape index (κ1) is 11.2. The maximum atomic E-state index is 13.4. The smallest absolute Gasteiger partial charge is 0.288 e. The average molecular weight is 220 g/mol. The van der Waals surface area contributed by atoms with Crippen LogP contribution in [0.4, 0.5) is 8.78 Å². The molecule has 0 spiro atoms. The molecule has 0 atom stereocenters. The molecule has 2 fully saturated rings. The van der Waals surface area contributed by atoms with Gasteiger partial charge in [-0.2, -0.15) is 0 Å². The molecule has 0 aromatic heterocycles. The van der Waals surface area contributed by atoms with E-state index in [-0.39, 0.29) is 12.8 Å². The number of hydrogen-bond acceptors (Lipinski definition) is 3. The minimum Gasteiger partial charge on any atom is -0.383 e. The second-order valence-electron chi connectivity index (χ2n) is 4.71. The number of rotatable bonds is 3. The van der Waals surface area contributed by atoms with Gasteiger partial charge in [0.05, 0.1) is 6.54 Å². The number of aliphatic hydroxyl groups is 1. The van der Waals surface area contributed by atoms with Gasteiger partial charge in [-0.3, -0.25) is 0 Å². The Morgan fingerprint density at radius 2 is 1.87 bits per heavy atom. The van der Waals surface area contributed by atoms with E-state index >= 15 is 0 Å². The molecule has 1 heterocycles. The first-order valence-electron chi connectivity index (χ1n) is 5.53. The fraction of sp³-hybridized carbons (Fsp3) is 1.00. The van der Waals surface area contributed by atoms with Gasteiger partial charge in [-0.1, -0.05) is 0 Å². The van der Waals surface area contributed by atoms with Crippen LogP contribution in [0.15, 0.2) is 0 Å². The van der Waals surface area contributed by atoms with Crippen molar-refractivity contribution in [3.63, 3.8) is 0 Å². The summed E-state index contributed by atoms with van der Waals surface area (Å²) in [5, 5.41) is 9.86. The molecule has 88 valence electrons. The molecule has 2 aliphatic rings. The Morgan fingerprint density at radius 1 is 1.33 bits per heavy atom. The van der Waals surface area contributed by atoms with Crippen LogP contribution in [0.25, 0.3) is 0 Å². The van der Waals surface area contributed by atoms with E-state index in [1.54, 1.807) is 0 Å². The van der Waals surface area contributed by atoms with Gasteiger partial charge in [0.1, 0.15) is 5.60 Å². The van der Waals surface area contributed by atoms with Gasteiger partial charge >= 0.3 is 0 Å². The fourth-order valence-corrected chi connectivity index (χ4v) is 2.25. The van der Waals surface area contributed by atoms with E-state index in [4.69, 9.17) is 5.73 Å². The van der Waals surface area contributed by atoms with Crippen molar-refractivity contribution in [2.75, 3.05) is 19.6 Å². The van der Waals surface area contributed by atoms with Crippen LogP contribution in [0.1, 0.15) is 25.7 Å². The maximum absolute atomic E-state index is 13.4. The Balaban J connectivity index is 1.95. The highest BCUT2D eigenvalue weighted by molar-refractivity contribution is 5.00. The van der Waals surface area contributed by atoms with Crippen LogP contribution in [-0.4, -0.2) is 47.2 Å². The normalized spacial score (nSPS) is 28.0. The molecule has 2 rings (SSSR count). The molecular formula is C10H18F2N2O. The number of halogens is 2. The minimum atomic E-state index is -3.15. The molecule has 0 aromatic rings. The molecule has 0 unspecified atom stereocenters. The van der Waals surface area contributed by atoms with Crippen molar-refractivity contribution in [1.29, 1.82) is 0 Å². The van der Waals surface area contributed by atoms with Crippen molar-refractivity contribution in [3.05, 3.63) is 0 Å². The summed E-state index contributed by atoms with van der Waals surface area (Å²) in [5.74, 6) is -3.15. The van der Waals surface area contributed by atoms with Gasteiger partial charge in [-0.25, -0.2) is 8.78 Å². The molecule has 0 radical (unpaired) electrons. The third kappa shape index (κ3) is 2.00. The lowest BCUT2D eigenvalue weighted by Crippen LogP contribution is -2.58. The van der Waals surface area contributed by atoms with E-state index in [0.29, 0.717) is 19.1 Å². The Hall–Kier alpha value is -0.260. The monoisotopic (exact) mass is 220 g/mol. The number of alkyl halides is 2. The minimum absolute atomic E-state index is 0.133. The first-order valence-corrected chi connectivity index (χ1v) is 5.53. The van der Waals surface area contributed by atoms with E-state index in [1.165, 1.54) is 12.8 Å². The summed E-state index contributed by atoms with van der Waals surface area (Å²) in [6.07, 6.45) is 2.61. The molecule has 1 saturated heterocycles. The van der Waals surface area contributed by atoms with E-state index in [9.17, 15) is 13.9 Å². The van der Waals surface area contributed by atoms with Crippen molar-refractivity contribution in [3.8, 4) is 0 Å². The van der Waals surface area contributed by atoms with Crippen LogP contribution in [0.5, 0.6) is 0 Å². The molecule has 1 saturated carbocycles. The zero-order valence-corrected chi connectivity index (χ0v) is 8.75. The molecule has 1 aliphatic carbocycles. The number of nitrogens with two attached hydrogens (primary N) is 1. The van der Waals surface area contributed by atoms with Crippen LogP contribution in [-0.2, 0) is 0 Å². The molecule has 5 heteroatoms. The Kier molecular flexibility index (Phi) is 2.73. The maximum Gasteiger partial charge on any atom is 0.288 e. The molecule has 0 aromatic carbocycles. The van der Waals surface area contributed by atoms with Crippen LogP contribution in [0, 0.1) is 0 Å². The van der Waals surface area contributed by atoms with Crippen molar-refractivity contribution in [2.45, 2.75) is 43.2 Å². The number of nitrogens with zero attached hydrogens (tertiary/aromatic N) is 1. The summed E-state index contributed by atoms with van der Waals surface area (Å²) < 4.78 is 26.7.